The molecule has 0 aromatic heterocycles. The van der Waals surface area contributed by atoms with Crippen molar-refractivity contribution in [3.63, 3.8) is 0 Å². The summed E-state index contributed by atoms with van der Waals surface area (Å²) >= 11 is 0. The number of carbonyl (C=O) groups is 1. The Morgan fingerprint density at radius 1 is 1.00 bits per heavy atom. The van der Waals surface area contributed by atoms with Crippen LogP contribution in [-0.2, 0) is 6.18 Å². The van der Waals surface area contributed by atoms with Crippen molar-refractivity contribution in [1.29, 1.82) is 0 Å². The van der Waals surface area contributed by atoms with Crippen molar-refractivity contribution in [3.8, 4) is 0 Å². The van der Waals surface area contributed by atoms with Gasteiger partial charge < -0.3 is 4.90 Å². The molecule has 0 aliphatic carbocycles. The molecule has 3 rings (SSSR count). The van der Waals surface area contributed by atoms with E-state index in [1.807, 2.05) is 23.1 Å². The van der Waals surface area contributed by atoms with Crippen molar-refractivity contribution in [2.75, 3.05) is 31.1 Å². The first-order valence-corrected chi connectivity index (χ1v) is 8.60. The van der Waals surface area contributed by atoms with Gasteiger partial charge in [0, 0.05) is 43.5 Å². The summed E-state index contributed by atoms with van der Waals surface area (Å²) in [4.78, 5) is 15.2. The highest BCUT2D eigenvalue weighted by Gasteiger charge is 2.34. The van der Waals surface area contributed by atoms with E-state index in [1.165, 1.54) is 11.6 Å². The highest BCUT2D eigenvalue weighted by molar-refractivity contribution is 5.79. The van der Waals surface area contributed by atoms with Crippen LogP contribution >= 0.6 is 0 Å². The molecule has 1 aliphatic heterocycles. The summed E-state index contributed by atoms with van der Waals surface area (Å²) in [5.74, 6) is 0. The van der Waals surface area contributed by atoms with Gasteiger partial charge in [-0.25, -0.2) is 0 Å². The Morgan fingerprint density at radius 3 is 2.23 bits per heavy atom. The first-order chi connectivity index (χ1) is 12.4. The minimum Gasteiger partial charge on any atom is -0.369 e. The van der Waals surface area contributed by atoms with Crippen LogP contribution in [0.25, 0.3) is 0 Å². The van der Waals surface area contributed by atoms with E-state index in [4.69, 9.17) is 0 Å². The van der Waals surface area contributed by atoms with Gasteiger partial charge in [0.15, 0.2) is 6.29 Å². The lowest BCUT2D eigenvalue weighted by Gasteiger charge is -2.39. The number of benzene rings is 2. The highest BCUT2D eigenvalue weighted by atomic mass is 19.4. The Morgan fingerprint density at radius 2 is 1.65 bits per heavy atom. The molecule has 1 saturated heterocycles. The molecule has 2 aromatic rings. The number of rotatable bonds is 4. The van der Waals surface area contributed by atoms with Gasteiger partial charge in [-0.3, -0.25) is 9.69 Å². The molecule has 138 valence electrons. The Balaban J connectivity index is 1.71. The molecule has 0 bridgehead atoms. The molecular formula is C20H21F3N2O. The molecule has 0 spiro atoms. The SMILES string of the molecule is CC(c1ccccc1)N1CCN(c2ccc(C=O)c(C(F)(F)F)c2)CC1. The molecule has 1 atom stereocenters. The molecule has 2 aromatic carbocycles. The van der Waals surface area contributed by atoms with E-state index in [0.29, 0.717) is 18.8 Å². The van der Waals surface area contributed by atoms with Crippen molar-refractivity contribution in [3.05, 3.63) is 65.2 Å². The molecule has 3 nitrogen and oxygen atoms in total. The van der Waals surface area contributed by atoms with Gasteiger partial charge in [0.1, 0.15) is 0 Å². The lowest BCUT2D eigenvalue weighted by Crippen LogP contribution is -2.47. The molecule has 1 fully saturated rings. The fourth-order valence-corrected chi connectivity index (χ4v) is 3.40. The second kappa shape index (κ2) is 7.50. The number of piperazine rings is 1. The van der Waals surface area contributed by atoms with E-state index in [1.54, 1.807) is 6.07 Å². The first-order valence-electron chi connectivity index (χ1n) is 8.60. The van der Waals surface area contributed by atoms with Gasteiger partial charge in [-0.15, -0.1) is 0 Å². The zero-order valence-corrected chi connectivity index (χ0v) is 14.5. The van der Waals surface area contributed by atoms with Crippen LogP contribution in [0, 0.1) is 0 Å². The van der Waals surface area contributed by atoms with Gasteiger partial charge >= 0.3 is 6.18 Å². The average Bonchev–Trinajstić information content (AvgIpc) is 2.67. The third-order valence-electron chi connectivity index (χ3n) is 4.98. The summed E-state index contributed by atoms with van der Waals surface area (Å²) in [7, 11) is 0. The molecule has 0 saturated carbocycles. The maximum Gasteiger partial charge on any atom is 0.417 e. The van der Waals surface area contributed by atoms with E-state index in [2.05, 4.69) is 24.0 Å². The van der Waals surface area contributed by atoms with Gasteiger partial charge in [-0.05, 0) is 30.7 Å². The monoisotopic (exact) mass is 362 g/mol. The van der Waals surface area contributed by atoms with Crippen LogP contribution in [0.2, 0.25) is 0 Å². The minimum absolute atomic E-state index is 0.256. The van der Waals surface area contributed by atoms with Crippen molar-refractivity contribution < 1.29 is 18.0 Å². The van der Waals surface area contributed by atoms with E-state index >= 15 is 0 Å². The molecule has 6 heteroatoms. The quantitative estimate of drug-likeness (QED) is 0.753. The zero-order chi connectivity index (χ0) is 18.7. The molecule has 26 heavy (non-hydrogen) atoms. The minimum atomic E-state index is -4.53. The van der Waals surface area contributed by atoms with Crippen molar-refractivity contribution in [2.24, 2.45) is 0 Å². The number of hydrogen-bond acceptors (Lipinski definition) is 3. The number of anilines is 1. The number of halogens is 3. The number of hydrogen-bond donors (Lipinski definition) is 0. The van der Waals surface area contributed by atoms with Crippen LogP contribution < -0.4 is 4.90 Å². The predicted octanol–water partition coefficient (Wildman–Crippen LogP) is 4.40. The van der Waals surface area contributed by atoms with Gasteiger partial charge in [-0.1, -0.05) is 30.3 Å². The van der Waals surface area contributed by atoms with Crippen molar-refractivity contribution in [1.82, 2.24) is 4.90 Å². The summed E-state index contributed by atoms with van der Waals surface area (Å²) in [6.07, 6.45) is -4.28. The van der Waals surface area contributed by atoms with Gasteiger partial charge in [0.25, 0.3) is 0 Å². The zero-order valence-electron chi connectivity index (χ0n) is 14.5. The van der Waals surface area contributed by atoms with E-state index in [-0.39, 0.29) is 17.9 Å². The summed E-state index contributed by atoms with van der Waals surface area (Å²) in [6, 6.07) is 14.4. The number of nitrogens with zero attached hydrogens (tertiary/aromatic N) is 2. The fourth-order valence-electron chi connectivity index (χ4n) is 3.40. The molecule has 0 radical (unpaired) electrons. The van der Waals surface area contributed by atoms with Crippen molar-refractivity contribution in [2.45, 2.75) is 19.1 Å². The van der Waals surface area contributed by atoms with Crippen LogP contribution in [0.1, 0.15) is 34.5 Å². The smallest absolute Gasteiger partial charge is 0.369 e. The largest absolute Gasteiger partial charge is 0.417 e. The van der Waals surface area contributed by atoms with Gasteiger partial charge in [0.05, 0.1) is 5.56 Å². The van der Waals surface area contributed by atoms with Crippen LogP contribution in [0.15, 0.2) is 48.5 Å². The predicted molar refractivity (Wildman–Crippen MR) is 95.5 cm³/mol. The normalized spacial score (nSPS) is 17.2. The van der Waals surface area contributed by atoms with Crippen LogP contribution in [0.4, 0.5) is 18.9 Å². The summed E-state index contributed by atoms with van der Waals surface area (Å²) in [5, 5.41) is 0. The molecule has 0 amide bonds. The van der Waals surface area contributed by atoms with E-state index in [9.17, 15) is 18.0 Å². The summed E-state index contributed by atoms with van der Waals surface area (Å²) < 4.78 is 39.5. The first kappa shape index (κ1) is 18.5. The topological polar surface area (TPSA) is 23.6 Å². The standard InChI is InChI=1S/C20H21F3N2O/c1-15(16-5-3-2-4-6-16)24-9-11-25(12-10-24)18-8-7-17(14-26)19(13-18)20(21,22)23/h2-8,13-15H,9-12H2,1H3. The lowest BCUT2D eigenvalue weighted by atomic mass is 10.0. The lowest BCUT2D eigenvalue weighted by molar-refractivity contribution is -0.137. The molecule has 1 heterocycles. The maximum atomic E-state index is 13.2. The van der Waals surface area contributed by atoms with Crippen LogP contribution in [0.3, 0.4) is 0 Å². The number of carbonyl (C=O) groups excluding carboxylic acids is 1. The molecule has 1 aliphatic rings. The fraction of sp³-hybridized carbons (Fsp3) is 0.350. The van der Waals surface area contributed by atoms with E-state index in [0.717, 1.165) is 19.2 Å². The van der Waals surface area contributed by atoms with E-state index < -0.39 is 11.7 Å². The Kier molecular flexibility index (Phi) is 5.32. The average molecular weight is 362 g/mol. The number of alkyl halides is 3. The third kappa shape index (κ3) is 3.90. The van der Waals surface area contributed by atoms with Gasteiger partial charge in [-0.2, -0.15) is 13.2 Å². The molecular weight excluding hydrogens is 341 g/mol. The number of aldehydes is 1. The second-order valence-electron chi connectivity index (χ2n) is 6.50. The summed E-state index contributed by atoms with van der Waals surface area (Å²) in [5.41, 5.74) is 0.549. The molecule has 0 N–H and O–H groups in total. The van der Waals surface area contributed by atoms with Crippen molar-refractivity contribution >= 4 is 12.0 Å². The Hall–Kier alpha value is -2.34. The Labute approximate surface area is 151 Å². The third-order valence-corrected chi connectivity index (χ3v) is 4.98. The second-order valence-corrected chi connectivity index (χ2v) is 6.50. The summed E-state index contributed by atoms with van der Waals surface area (Å²) in [6.45, 7) is 4.98. The van der Waals surface area contributed by atoms with Gasteiger partial charge in [0.2, 0.25) is 0 Å². The highest BCUT2D eigenvalue weighted by Crippen LogP contribution is 2.34. The molecule has 1 unspecified atom stereocenters. The Bertz CT molecular complexity index is 753. The van der Waals surface area contributed by atoms with Crippen LogP contribution in [0.5, 0.6) is 0 Å². The maximum absolute atomic E-state index is 13.2. The van der Waals surface area contributed by atoms with Crippen LogP contribution in [-0.4, -0.2) is 37.4 Å².